The van der Waals surface area contributed by atoms with Gasteiger partial charge in [-0.05, 0) is 43.7 Å². The number of hydrogen-bond donors (Lipinski definition) is 1. The molecule has 1 N–H and O–H groups in total. The van der Waals surface area contributed by atoms with E-state index in [1.807, 2.05) is 38.1 Å². The molecule has 0 atom stereocenters. The minimum atomic E-state index is -0.221. The van der Waals surface area contributed by atoms with Gasteiger partial charge in [0, 0.05) is 6.54 Å². The lowest BCUT2D eigenvalue weighted by Crippen LogP contribution is -2.23. The van der Waals surface area contributed by atoms with Crippen LogP contribution in [-0.2, 0) is 6.54 Å². The molecule has 1 amide bonds. The average Bonchev–Trinajstić information content (AvgIpc) is 2.58. The Bertz CT molecular complexity index is 698. The molecule has 0 aromatic heterocycles. The van der Waals surface area contributed by atoms with Gasteiger partial charge in [-0.3, -0.25) is 4.79 Å². The number of rotatable bonds is 7. The van der Waals surface area contributed by atoms with Crippen molar-refractivity contribution in [1.82, 2.24) is 5.32 Å². The van der Waals surface area contributed by atoms with E-state index in [1.165, 1.54) is 7.11 Å². The van der Waals surface area contributed by atoms with Crippen molar-refractivity contribution in [3.05, 3.63) is 53.6 Å². The van der Waals surface area contributed by atoms with E-state index in [-0.39, 0.29) is 12.0 Å². The monoisotopic (exact) mass is 329 g/mol. The number of nitrogens with one attached hydrogen (secondary N) is 1. The van der Waals surface area contributed by atoms with E-state index in [4.69, 9.17) is 14.2 Å². The summed E-state index contributed by atoms with van der Waals surface area (Å²) >= 11 is 0. The van der Waals surface area contributed by atoms with Crippen molar-refractivity contribution >= 4 is 5.91 Å². The van der Waals surface area contributed by atoms with Crippen LogP contribution < -0.4 is 19.5 Å². The van der Waals surface area contributed by atoms with Crippen molar-refractivity contribution in [2.24, 2.45) is 0 Å². The molecule has 5 nitrogen and oxygen atoms in total. The molecule has 0 radical (unpaired) electrons. The first-order chi connectivity index (χ1) is 11.5. The first-order valence-electron chi connectivity index (χ1n) is 7.80. The fourth-order valence-electron chi connectivity index (χ4n) is 2.34. The highest BCUT2D eigenvalue weighted by Gasteiger charge is 2.16. The van der Waals surface area contributed by atoms with Gasteiger partial charge in [0.1, 0.15) is 5.75 Å². The smallest absolute Gasteiger partial charge is 0.255 e. The topological polar surface area (TPSA) is 56.8 Å². The van der Waals surface area contributed by atoms with Crippen LogP contribution in [0.25, 0.3) is 0 Å². The molecule has 0 spiro atoms. The predicted molar refractivity (Wildman–Crippen MR) is 92.9 cm³/mol. The molecular weight excluding hydrogens is 306 g/mol. The second kappa shape index (κ2) is 8.24. The van der Waals surface area contributed by atoms with Crippen LogP contribution in [-0.4, -0.2) is 26.2 Å². The van der Waals surface area contributed by atoms with Gasteiger partial charge in [-0.25, -0.2) is 0 Å². The Morgan fingerprint density at radius 1 is 1.08 bits per heavy atom. The van der Waals surface area contributed by atoms with Crippen molar-refractivity contribution in [2.75, 3.05) is 14.2 Å². The van der Waals surface area contributed by atoms with Crippen LogP contribution >= 0.6 is 0 Å². The van der Waals surface area contributed by atoms with Gasteiger partial charge in [0.05, 0.1) is 25.9 Å². The molecule has 0 saturated carbocycles. The van der Waals surface area contributed by atoms with Gasteiger partial charge in [0.2, 0.25) is 0 Å². The lowest BCUT2D eigenvalue weighted by atomic mass is 10.1. The maximum Gasteiger partial charge on any atom is 0.255 e. The summed E-state index contributed by atoms with van der Waals surface area (Å²) in [5, 5.41) is 2.89. The summed E-state index contributed by atoms with van der Waals surface area (Å²) in [5.41, 5.74) is 1.40. The van der Waals surface area contributed by atoms with Crippen LogP contribution in [0.5, 0.6) is 17.2 Å². The minimum absolute atomic E-state index is 0.107. The number of ether oxygens (including phenoxy) is 3. The summed E-state index contributed by atoms with van der Waals surface area (Å²) < 4.78 is 16.2. The lowest BCUT2D eigenvalue weighted by Gasteiger charge is -2.13. The summed E-state index contributed by atoms with van der Waals surface area (Å²) in [5.74, 6) is 1.52. The second-order valence-corrected chi connectivity index (χ2v) is 5.54. The molecule has 128 valence electrons. The predicted octanol–water partition coefficient (Wildman–Crippen LogP) is 3.42. The number of benzene rings is 2. The van der Waals surface area contributed by atoms with Gasteiger partial charge in [-0.2, -0.15) is 0 Å². The molecule has 0 aliphatic heterocycles. The fourth-order valence-corrected chi connectivity index (χ4v) is 2.34. The van der Waals surface area contributed by atoms with Crippen LogP contribution in [0.4, 0.5) is 0 Å². The Balaban J connectivity index is 2.09. The highest BCUT2D eigenvalue weighted by atomic mass is 16.5. The number of carbonyl (C=O) groups is 1. The van der Waals surface area contributed by atoms with E-state index in [2.05, 4.69) is 5.32 Å². The van der Waals surface area contributed by atoms with Crippen LogP contribution in [0, 0.1) is 0 Å². The van der Waals surface area contributed by atoms with E-state index in [0.29, 0.717) is 23.6 Å². The maximum absolute atomic E-state index is 12.5. The maximum atomic E-state index is 12.5. The van der Waals surface area contributed by atoms with Crippen LogP contribution in [0.3, 0.4) is 0 Å². The summed E-state index contributed by atoms with van der Waals surface area (Å²) in [4.78, 5) is 12.5. The molecule has 5 heteroatoms. The van der Waals surface area contributed by atoms with Gasteiger partial charge in [0.15, 0.2) is 11.5 Å². The summed E-state index contributed by atoms with van der Waals surface area (Å²) in [6, 6.07) is 12.9. The highest BCUT2D eigenvalue weighted by Crippen LogP contribution is 2.30. The Kier molecular flexibility index (Phi) is 6.07. The summed E-state index contributed by atoms with van der Waals surface area (Å²) in [6.45, 7) is 4.35. The minimum Gasteiger partial charge on any atom is -0.493 e. The number of hydrogen-bond acceptors (Lipinski definition) is 4. The Hall–Kier alpha value is -2.69. The third kappa shape index (κ3) is 4.41. The van der Waals surface area contributed by atoms with E-state index in [1.54, 1.807) is 25.3 Å². The van der Waals surface area contributed by atoms with E-state index in [9.17, 15) is 4.79 Å². The largest absolute Gasteiger partial charge is 0.493 e. The first-order valence-corrected chi connectivity index (χ1v) is 7.80. The van der Waals surface area contributed by atoms with Crippen LogP contribution in [0.15, 0.2) is 42.5 Å². The van der Waals surface area contributed by atoms with Gasteiger partial charge >= 0.3 is 0 Å². The molecule has 0 bridgehead atoms. The van der Waals surface area contributed by atoms with Crippen molar-refractivity contribution in [1.29, 1.82) is 0 Å². The molecule has 2 rings (SSSR count). The number of para-hydroxylation sites is 1. The lowest BCUT2D eigenvalue weighted by molar-refractivity contribution is 0.0947. The zero-order valence-electron chi connectivity index (χ0n) is 14.5. The van der Waals surface area contributed by atoms with Gasteiger partial charge in [-0.1, -0.05) is 18.2 Å². The van der Waals surface area contributed by atoms with Crippen LogP contribution in [0.1, 0.15) is 29.8 Å². The average molecular weight is 329 g/mol. The Morgan fingerprint density at radius 3 is 2.50 bits per heavy atom. The molecule has 2 aromatic carbocycles. The fraction of sp³-hybridized carbons (Fsp3) is 0.316. The number of methoxy groups -OCH3 is 2. The van der Waals surface area contributed by atoms with E-state index in [0.717, 1.165) is 11.3 Å². The third-order valence-corrected chi connectivity index (χ3v) is 3.37. The molecule has 0 saturated heterocycles. The number of amides is 1. The summed E-state index contributed by atoms with van der Waals surface area (Å²) in [7, 11) is 3.06. The third-order valence-electron chi connectivity index (χ3n) is 3.37. The van der Waals surface area contributed by atoms with E-state index < -0.39 is 0 Å². The Morgan fingerprint density at radius 2 is 1.83 bits per heavy atom. The highest BCUT2D eigenvalue weighted by molar-refractivity contribution is 5.97. The van der Waals surface area contributed by atoms with Gasteiger partial charge in [-0.15, -0.1) is 0 Å². The van der Waals surface area contributed by atoms with Crippen molar-refractivity contribution in [3.63, 3.8) is 0 Å². The van der Waals surface area contributed by atoms with Crippen molar-refractivity contribution in [3.8, 4) is 17.2 Å². The molecule has 24 heavy (non-hydrogen) atoms. The molecule has 0 aliphatic rings. The standard InChI is InChI=1S/C19H23NO4/c1-13(2)24-15-8-5-7-14(11-15)12-20-19(21)16-9-6-10-17(22-3)18(16)23-4/h5-11,13H,12H2,1-4H3,(H,20,21). The molecular formula is C19H23NO4. The van der Waals surface area contributed by atoms with Crippen molar-refractivity contribution < 1.29 is 19.0 Å². The molecule has 0 heterocycles. The molecule has 0 unspecified atom stereocenters. The summed E-state index contributed by atoms with van der Waals surface area (Å²) in [6.07, 6.45) is 0.107. The SMILES string of the molecule is COc1cccc(C(=O)NCc2cccc(OC(C)C)c2)c1OC. The molecule has 2 aromatic rings. The first kappa shape index (κ1) is 17.7. The normalized spacial score (nSPS) is 10.4. The zero-order chi connectivity index (χ0) is 17.5. The van der Waals surface area contributed by atoms with Crippen molar-refractivity contribution in [2.45, 2.75) is 26.5 Å². The number of carbonyl (C=O) groups excluding carboxylic acids is 1. The van der Waals surface area contributed by atoms with Gasteiger partial charge < -0.3 is 19.5 Å². The van der Waals surface area contributed by atoms with Gasteiger partial charge in [0.25, 0.3) is 5.91 Å². The zero-order valence-corrected chi connectivity index (χ0v) is 14.5. The Labute approximate surface area is 142 Å². The van der Waals surface area contributed by atoms with Crippen LogP contribution in [0.2, 0.25) is 0 Å². The quantitative estimate of drug-likeness (QED) is 0.845. The molecule has 0 aliphatic carbocycles. The van der Waals surface area contributed by atoms with E-state index >= 15 is 0 Å². The second-order valence-electron chi connectivity index (χ2n) is 5.54. The molecule has 0 fully saturated rings.